The minimum atomic E-state index is -4.47. The van der Waals surface area contributed by atoms with E-state index in [1.54, 1.807) is 38.2 Å². The molecule has 0 saturated heterocycles. The molecule has 0 bridgehead atoms. The van der Waals surface area contributed by atoms with Gasteiger partial charge in [0.15, 0.2) is 12.1 Å². The van der Waals surface area contributed by atoms with Crippen molar-refractivity contribution < 1.29 is 35.9 Å². The van der Waals surface area contributed by atoms with E-state index in [4.69, 9.17) is 11.6 Å². The largest absolute Gasteiger partial charge is 0.468 e. The number of nitrogens with zero attached hydrogens (tertiary/aromatic N) is 5. The second kappa shape index (κ2) is 13.3. The topological polar surface area (TPSA) is 94.3 Å². The smallest absolute Gasteiger partial charge is 0.433 e. The van der Waals surface area contributed by atoms with Crippen LogP contribution in [0.15, 0.2) is 72.2 Å². The van der Waals surface area contributed by atoms with Crippen molar-refractivity contribution >= 4 is 18.0 Å². The Hall–Kier alpha value is -4.46. The van der Waals surface area contributed by atoms with Crippen LogP contribution in [0.2, 0.25) is 5.02 Å². The van der Waals surface area contributed by atoms with Gasteiger partial charge in [0.25, 0.3) is 0 Å². The second-order valence-corrected chi connectivity index (χ2v) is 8.59. The molecule has 8 nitrogen and oxygen atoms in total. The van der Waals surface area contributed by atoms with Gasteiger partial charge in [-0.3, -0.25) is 9.78 Å². The summed E-state index contributed by atoms with van der Waals surface area (Å²) in [5.41, 5.74) is 5.02. The van der Waals surface area contributed by atoms with Crippen molar-refractivity contribution in [2.75, 3.05) is 13.7 Å². The standard InChI is InChI=1S/C19H15ClF3N5O2.C7H6F3N/c1-24-27-18-17(13-4-7-16(25-8-13)30-10-19(21,22)23)15(9-26-28(18)11-29)12-2-5-14(20)6-3-12;1-5-2-3-6(11-4-5)7(8,9)10/h2-9,11,24H,10H2,1H3;2-4H,1H3/b27-18-;. The van der Waals surface area contributed by atoms with Crippen LogP contribution in [0.5, 0.6) is 5.88 Å². The zero-order chi connectivity index (χ0) is 30.2. The van der Waals surface area contributed by atoms with Gasteiger partial charge in [0.2, 0.25) is 12.3 Å². The van der Waals surface area contributed by atoms with Crippen LogP contribution in [0.1, 0.15) is 11.3 Å². The quantitative estimate of drug-likeness (QED) is 0.174. The molecule has 0 aliphatic rings. The molecule has 0 unspecified atom stereocenters. The Labute approximate surface area is 234 Å². The zero-order valence-corrected chi connectivity index (χ0v) is 22.1. The Morgan fingerprint density at radius 3 is 2.15 bits per heavy atom. The Balaban J connectivity index is 0.000000352. The lowest BCUT2D eigenvalue weighted by Crippen LogP contribution is -2.28. The molecule has 216 valence electrons. The van der Waals surface area contributed by atoms with Gasteiger partial charge in [-0.25, -0.2) is 4.98 Å². The molecular weight excluding hydrogens is 578 g/mol. The molecule has 0 atom stereocenters. The molecule has 0 aliphatic carbocycles. The van der Waals surface area contributed by atoms with E-state index in [1.807, 2.05) is 0 Å². The highest BCUT2D eigenvalue weighted by molar-refractivity contribution is 6.30. The van der Waals surface area contributed by atoms with Gasteiger partial charge in [0.05, 0.1) is 6.20 Å². The monoisotopic (exact) mass is 598 g/mol. The lowest BCUT2D eigenvalue weighted by atomic mass is 9.98. The molecule has 4 aromatic rings. The third kappa shape index (κ3) is 8.76. The summed E-state index contributed by atoms with van der Waals surface area (Å²) in [6.07, 6.45) is -4.29. The van der Waals surface area contributed by atoms with Crippen LogP contribution in [0.25, 0.3) is 22.3 Å². The molecule has 4 rings (SSSR count). The first-order chi connectivity index (χ1) is 19.3. The van der Waals surface area contributed by atoms with Gasteiger partial charge >= 0.3 is 12.4 Å². The molecule has 1 N–H and O–H groups in total. The van der Waals surface area contributed by atoms with Crippen LogP contribution < -0.4 is 15.7 Å². The molecule has 41 heavy (non-hydrogen) atoms. The van der Waals surface area contributed by atoms with E-state index in [2.05, 4.69) is 30.3 Å². The maximum Gasteiger partial charge on any atom is 0.433 e. The molecular formula is C26H21ClF6N6O2. The van der Waals surface area contributed by atoms with E-state index in [-0.39, 0.29) is 11.4 Å². The minimum Gasteiger partial charge on any atom is -0.468 e. The van der Waals surface area contributed by atoms with Gasteiger partial charge in [0.1, 0.15) is 5.69 Å². The molecule has 1 aromatic carbocycles. The van der Waals surface area contributed by atoms with Crippen LogP contribution >= 0.6 is 11.6 Å². The summed E-state index contributed by atoms with van der Waals surface area (Å²) in [5.74, 6) is -0.187. The first-order valence-corrected chi connectivity index (χ1v) is 11.9. The number of aromatic nitrogens is 4. The summed E-state index contributed by atoms with van der Waals surface area (Å²) < 4.78 is 78.3. The number of hydrogen-bond acceptors (Lipinski definition) is 7. The molecule has 0 fully saturated rings. The highest BCUT2D eigenvalue weighted by Gasteiger charge is 2.31. The van der Waals surface area contributed by atoms with Crippen molar-refractivity contribution in [3.63, 3.8) is 0 Å². The average molecular weight is 599 g/mol. The number of halogens is 7. The third-order valence-corrected chi connectivity index (χ3v) is 5.36. The summed E-state index contributed by atoms with van der Waals surface area (Å²) in [5, 5.41) is 8.76. The Morgan fingerprint density at radius 1 is 0.951 bits per heavy atom. The van der Waals surface area contributed by atoms with Gasteiger partial charge in [-0.05, 0) is 42.3 Å². The number of alkyl halides is 6. The van der Waals surface area contributed by atoms with E-state index < -0.39 is 24.7 Å². The predicted molar refractivity (Wildman–Crippen MR) is 138 cm³/mol. The van der Waals surface area contributed by atoms with Crippen LogP contribution in [-0.4, -0.2) is 46.0 Å². The van der Waals surface area contributed by atoms with Crippen molar-refractivity contribution in [3.8, 4) is 28.1 Å². The van der Waals surface area contributed by atoms with Crippen LogP contribution in [0.3, 0.4) is 0 Å². The fourth-order valence-electron chi connectivity index (χ4n) is 3.30. The first kappa shape index (κ1) is 31.1. The Bertz CT molecular complexity index is 1520. The number of pyridine rings is 2. The second-order valence-electron chi connectivity index (χ2n) is 8.16. The molecule has 3 aromatic heterocycles. The molecule has 0 spiro atoms. The van der Waals surface area contributed by atoms with Crippen molar-refractivity contribution in [2.45, 2.75) is 19.3 Å². The third-order valence-electron chi connectivity index (χ3n) is 5.10. The number of hydrogen-bond donors (Lipinski definition) is 1. The van der Waals surface area contributed by atoms with Crippen LogP contribution in [-0.2, 0) is 11.0 Å². The van der Waals surface area contributed by atoms with Crippen molar-refractivity contribution in [2.24, 2.45) is 5.10 Å². The summed E-state index contributed by atoms with van der Waals surface area (Å²) in [6, 6.07) is 12.1. The van der Waals surface area contributed by atoms with E-state index >= 15 is 0 Å². The van der Waals surface area contributed by atoms with Gasteiger partial charge in [-0.2, -0.15) is 41.2 Å². The van der Waals surface area contributed by atoms with Crippen LogP contribution in [0.4, 0.5) is 26.3 Å². The van der Waals surface area contributed by atoms with E-state index in [9.17, 15) is 31.1 Å². The normalized spacial score (nSPS) is 11.9. The lowest BCUT2D eigenvalue weighted by Gasteiger charge is -2.13. The van der Waals surface area contributed by atoms with Crippen molar-refractivity contribution in [3.05, 3.63) is 88.9 Å². The van der Waals surface area contributed by atoms with Gasteiger partial charge in [0, 0.05) is 47.2 Å². The number of ether oxygens (including phenoxy) is 1. The van der Waals surface area contributed by atoms with Gasteiger partial charge < -0.3 is 10.2 Å². The number of carbonyl (C=O) groups excluding carboxylic acids is 1. The highest BCUT2D eigenvalue weighted by atomic mass is 35.5. The Morgan fingerprint density at radius 2 is 1.63 bits per heavy atom. The zero-order valence-electron chi connectivity index (χ0n) is 21.3. The average Bonchev–Trinajstić information content (AvgIpc) is 2.92. The molecule has 15 heteroatoms. The number of benzene rings is 1. The van der Waals surface area contributed by atoms with E-state index in [0.29, 0.717) is 28.1 Å². The number of nitrogens with one attached hydrogen (secondary N) is 1. The summed E-state index contributed by atoms with van der Waals surface area (Å²) in [6.45, 7) is 0.239. The van der Waals surface area contributed by atoms with Crippen molar-refractivity contribution in [1.82, 2.24) is 25.2 Å². The maximum atomic E-state index is 12.4. The maximum absolute atomic E-state index is 12.4. The fourth-order valence-corrected chi connectivity index (χ4v) is 3.43. The molecule has 3 heterocycles. The van der Waals surface area contributed by atoms with Crippen molar-refractivity contribution in [1.29, 1.82) is 0 Å². The Kier molecular flexibility index (Phi) is 10.1. The summed E-state index contributed by atoms with van der Waals surface area (Å²) in [7, 11) is 1.56. The molecule has 0 amide bonds. The number of carbonyl (C=O) groups is 1. The SMILES string of the molecule is CN/N=c1/c(-c2ccc(OCC(F)(F)F)nc2)c(-c2ccc(Cl)cc2)cnn1C=O.Cc1ccc(C(F)(F)F)nc1. The van der Waals surface area contributed by atoms with Crippen LogP contribution in [0, 0.1) is 6.92 Å². The van der Waals surface area contributed by atoms with E-state index in [0.717, 1.165) is 21.9 Å². The molecule has 0 aliphatic heterocycles. The molecule has 0 saturated carbocycles. The highest BCUT2D eigenvalue weighted by Crippen LogP contribution is 2.30. The number of aryl methyl sites for hydroxylation is 1. The van der Waals surface area contributed by atoms with Gasteiger partial charge in [-0.1, -0.05) is 29.8 Å². The first-order valence-electron chi connectivity index (χ1n) is 11.5. The number of rotatable bonds is 6. The molecule has 0 radical (unpaired) electrons. The van der Waals surface area contributed by atoms with Gasteiger partial charge in [-0.15, -0.1) is 0 Å². The summed E-state index contributed by atoms with van der Waals surface area (Å²) in [4.78, 5) is 18.6. The summed E-state index contributed by atoms with van der Waals surface area (Å²) >= 11 is 5.97. The minimum absolute atomic E-state index is 0.186. The fraction of sp³-hybridized carbons (Fsp3) is 0.192. The predicted octanol–water partition coefficient (Wildman–Crippen LogP) is 5.69. The van der Waals surface area contributed by atoms with E-state index in [1.165, 1.54) is 36.8 Å². The lowest BCUT2D eigenvalue weighted by molar-refractivity contribution is -0.154.